The third kappa shape index (κ3) is 3.56. The second-order valence-corrected chi connectivity index (χ2v) is 6.48. The fourth-order valence-corrected chi connectivity index (χ4v) is 3.81. The summed E-state index contributed by atoms with van der Waals surface area (Å²) in [6, 6.07) is 10.9. The summed E-state index contributed by atoms with van der Waals surface area (Å²) >= 11 is 3.33. The first-order chi connectivity index (χ1) is 10.4. The Morgan fingerprint density at radius 2 is 2.05 bits per heavy atom. The highest BCUT2D eigenvalue weighted by atomic mass is 32.1. The molecule has 2 aromatic heterocycles. The lowest BCUT2D eigenvalue weighted by molar-refractivity contribution is 0.545. The maximum Gasteiger partial charge on any atom is 0.135 e. The number of hydrogen-bond acceptors (Lipinski definition) is 5. The van der Waals surface area contributed by atoms with Crippen molar-refractivity contribution >= 4 is 22.7 Å². The van der Waals surface area contributed by atoms with E-state index in [-0.39, 0.29) is 0 Å². The monoisotopic (exact) mass is 315 g/mol. The molecule has 0 aliphatic heterocycles. The molecule has 0 bridgehead atoms. The van der Waals surface area contributed by atoms with Gasteiger partial charge < -0.3 is 5.32 Å². The summed E-state index contributed by atoms with van der Waals surface area (Å²) in [5, 5.41) is 6.77. The van der Waals surface area contributed by atoms with E-state index in [1.165, 1.54) is 5.56 Å². The van der Waals surface area contributed by atoms with Crippen molar-refractivity contribution in [2.24, 2.45) is 0 Å². The van der Waals surface area contributed by atoms with E-state index in [0.29, 0.717) is 6.04 Å². The normalized spacial score (nSPS) is 12.4. The van der Waals surface area contributed by atoms with Crippen LogP contribution in [0.25, 0.3) is 9.88 Å². The van der Waals surface area contributed by atoms with Crippen molar-refractivity contribution in [1.82, 2.24) is 15.3 Å². The third-order valence-electron chi connectivity index (χ3n) is 3.26. The van der Waals surface area contributed by atoms with Gasteiger partial charge in [-0.3, -0.25) is 4.98 Å². The second kappa shape index (κ2) is 6.93. The third-order valence-corrected chi connectivity index (χ3v) is 5.09. The molecule has 0 saturated carbocycles. The summed E-state index contributed by atoms with van der Waals surface area (Å²) in [6.07, 6.45) is 2.79. The van der Waals surface area contributed by atoms with Crippen LogP contribution in [0, 0.1) is 0 Å². The smallest absolute Gasteiger partial charge is 0.135 e. The van der Waals surface area contributed by atoms with E-state index in [1.54, 1.807) is 22.7 Å². The van der Waals surface area contributed by atoms with Crippen LogP contribution < -0.4 is 5.32 Å². The van der Waals surface area contributed by atoms with Crippen LogP contribution >= 0.6 is 22.7 Å². The highest BCUT2D eigenvalue weighted by Gasteiger charge is 2.14. The number of aromatic nitrogens is 2. The van der Waals surface area contributed by atoms with E-state index in [9.17, 15) is 0 Å². The minimum Gasteiger partial charge on any atom is -0.310 e. The summed E-state index contributed by atoms with van der Waals surface area (Å²) in [6.45, 7) is 3.09. The van der Waals surface area contributed by atoms with Crippen molar-refractivity contribution in [3.05, 3.63) is 58.7 Å². The van der Waals surface area contributed by atoms with Crippen molar-refractivity contribution in [2.75, 3.05) is 6.54 Å². The number of likely N-dealkylation sites (N-methyl/N-ethyl adjacent to an activating group) is 1. The van der Waals surface area contributed by atoms with Gasteiger partial charge in [0.2, 0.25) is 0 Å². The van der Waals surface area contributed by atoms with Crippen molar-refractivity contribution in [2.45, 2.75) is 19.4 Å². The zero-order valence-corrected chi connectivity index (χ0v) is 13.5. The van der Waals surface area contributed by atoms with Gasteiger partial charge in [0.05, 0.1) is 16.1 Å². The molecular formula is C16H17N3S2. The maximum atomic E-state index is 4.75. The van der Waals surface area contributed by atoms with Gasteiger partial charge in [-0.25, -0.2) is 4.98 Å². The largest absolute Gasteiger partial charge is 0.310 e. The van der Waals surface area contributed by atoms with Gasteiger partial charge in [-0.05, 0) is 12.1 Å². The summed E-state index contributed by atoms with van der Waals surface area (Å²) < 4.78 is 0. The lowest BCUT2D eigenvalue weighted by Crippen LogP contribution is -2.23. The van der Waals surface area contributed by atoms with Crippen LogP contribution in [0.3, 0.4) is 0 Å². The molecule has 21 heavy (non-hydrogen) atoms. The highest BCUT2D eigenvalue weighted by molar-refractivity contribution is 7.19. The standard InChI is InChI=1S/C16H17N3S2/c1-2-18-14(12-6-4-3-5-7-12)8-13-10-20-16(19-13)15-9-17-11-21-15/h3-7,9-11,14,18H,2,8H2,1H3. The Balaban J connectivity index is 1.77. The molecule has 108 valence electrons. The zero-order valence-electron chi connectivity index (χ0n) is 11.8. The molecule has 2 heterocycles. The van der Waals surface area contributed by atoms with Crippen molar-refractivity contribution in [3.63, 3.8) is 0 Å². The Morgan fingerprint density at radius 1 is 1.19 bits per heavy atom. The minimum atomic E-state index is 0.313. The van der Waals surface area contributed by atoms with E-state index < -0.39 is 0 Å². The van der Waals surface area contributed by atoms with Gasteiger partial charge in [-0.15, -0.1) is 22.7 Å². The van der Waals surface area contributed by atoms with Crippen LogP contribution in [0.4, 0.5) is 0 Å². The molecule has 0 aliphatic rings. The van der Waals surface area contributed by atoms with Crippen LogP contribution in [0.5, 0.6) is 0 Å². The molecular weight excluding hydrogens is 298 g/mol. The maximum absolute atomic E-state index is 4.75. The Hall–Kier alpha value is -1.56. The van der Waals surface area contributed by atoms with E-state index in [2.05, 4.69) is 52.9 Å². The predicted octanol–water partition coefficient (Wildman–Crippen LogP) is 4.16. The van der Waals surface area contributed by atoms with Gasteiger partial charge in [-0.1, -0.05) is 37.3 Å². The molecule has 0 radical (unpaired) electrons. The molecule has 3 nitrogen and oxygen atoms in total. The van der Waals surface area contributed by atoms with Crippen molar-refractivity contribution in [3.8, 4) is 9.88 Å². The number of hydrogen-bond donors (Lipinski definition) is 1. The van der Waals surface area contributed by atoms with Crippen molar-refractivity contribution in [1.29, 1.82) is 0 Å². The molecule has 0 aliphatic carbocycles. The molecule has 1 unspecified atom stereocenters. The summed E-state index contributed by atoms with van der Waals surface area (Å²) in [5.74, 6) is 0. The zero-order chi connectivity index (χ0) is 14.5. The van der Waals surface area contributed by atoms with Gasteiger partial charge in [0.1, 0.15) is 5.01 Å². The van der Waals surface area contributed by atoms with Crippen LogP contribution in [0.1, 0.15) is 24.2 Å². The molecule has 1 aromatic carbocycles. The quantitative estimate of drug-likeness (QED) is 0.742. The van der Waals surface area contributed by atoms with E-state index in [1.807, 2.05) is 11.7 Å². The van der Waals surface area contributed by atoms with Crippen LogP contribution in [0.15, 0.2) is 47.4 Å². The number of rotatable bonds is 6. The first-order valence-electron chi connectivity index (χ1n) is 6.98. The Morgan fingerprint density at radius 3 is 2.76 bits per heavy atom. The minimum absolute atomic E-state index is 0.313. The molecule has 3 aromatic rings. The van der Waals surface area contributed by atoms with E-state index in [0.717, 1.165) is 28.5 Å². The van der Waals surface area contributed by atoms with Crippen LogP contribution in [-0.4, -0.2) is 16.5 Å². The molecule has 5 heteroatoms. The Kier molecular flexibility index (Phi) is 4.75. The Bertz CT molecular complexity index is 662. The number of nitrogens with one attached hydrogen (secondary N) is 1. The average Bonchev–Trinajstić information content (AvgIpc) is 3.19. The summed E-state index contributed by atoms with van der Waals surface area (Å²) in [7, 11) is 0. The van der Waals surface area contributed by atoms with Gasteiger partial charge in [0, 0.05) is 24.0 Å². The van der Waals surface area contributed by atoms with Crippen LogP contribution in [-0.2, 0) is 6.42 Å². The molecule has 0 saturated heterocycles. The van der Waals surface area contributed by atoms with Gasteiger partial charge in [0.15, 0.2) is 0 Å². The highest BCUT2D eigenvalue weighted by Crippen LogP contribution is 2.28. The van der Waals surface area contributed by atoms with Crippen molar-refractivity contribution < 1.29 is 0 Å². The molecule has 3 rings (SSSR count). The first kappa shape index (κ1) is 14.4. The second-order valence-electron chi connectivity index (χ2n) is 4.73. The summed E-state index contributed by atoms with van der Waals surface area (Å²) in [5.41, 5.74) is 4.30. The molecule has 1 N–H and O–H groups in total. The summed E-state index contributed by atoms with van der Waals surface area (Å²) in [4.78, 5) is 10.0. The van der Waals surface area contributed by atoms with E-state index >= 15 is 0 Å². The topological polar surface area (TPSA) is 37.8 Å². The molecule has 0 fully saturated rings. The predicted molar refractivity (Wildman–Crippen MR) is 89.8 cm³/mol. The van der Waals surface area contributed by atoms with E-state index in [4.69, 9.17) is 4.98 Å². The van der Waals surface area contributed by atoms with Gasteiger partial charge in [0.25, 0.3) is 0 Å². The number of benzene rings is 1. The lowest BCUT2D eigenvalue weighted by atomic mass is 10.0. The van der Waals surface area contributed by atoms with Gasteiger partial charge in [-0.2, -0.15) is 0 Å². The first-order valence-corrected chi connectivity index (χ1v) is 8.74. The molecule has 0 amide bonds. The Labute approximate surface area is 132 Å². The lowest BCUT2D eigenvalue weighted by Gasteiger charge is -2.17. The van der Waals surface area contributed by atoms with Gasteiger partial charge >= 0.3 is 0 Å². The fraction of sp³-hybridized carbons (Fsp3) is 0.250. The van der Waals surface area contributed by atoms with Crippen LogP contribution in [0.2, 0.25) is 0 Å². The molecule has 1 atom stereocenters. The fourth-order valence-electron chi connectivity index (χ4n) is 2.28. The number of nitrogens with zero attached hydrogens (tertiary/aromatic N) is 2. The molecule has 0 spiro atoms. The SMILES string of the molecule is CCNC(Cc1csc(-c2cncs2)n1)c1ccccc1. The number of thiazole rings is 2. The average molecular weight is 315 g/mol.